The number of fused-ring (bicyclic) bond motifs is 1. The SMILES string of the molecule is COc1cccc(F)c1Cn1cc(C)c2oc(=O)[nH]c2c1=O. The van der Waals surface area contributed by atoms with Gasteiger partial charge in [-0.05, 0) is 19.1 Å². The van der Waals surface area contributed by atoms with Gasteiger partial charge in [0.1, 0.15) is 11.6 Å². The molecule has 0 aliphatic heterocycles. The van der Waals surface area contributed by atoms with E-state index in [4.69, 9.17) is 9.15 Å². The summed E-state index contributed by atoms with van der Waals surface area (Å²) >= 11 is 0. The van der Waals surface area contributed by atoms with Gasteiger partial charge in [0.15, 0.2) is 11.1 Å². The lowest BCUT2D eigenvalue weighted by Gasteiger charge is -2.12. The Labute approximate surface area is 123 Å². The van der Waals surface area contributed by atoms with Crippen molar-refractivity contribution in [2.24, 2.45) is 0 Å². The molecule has 1 aromatic carbocycles. The van der Waals surface area contributed by atoms with E-state index in [1.54, 1.807) is 13.0 Å². The fourth-order valence-electron chi connectivity index (χ4n) is 2.42. The second-order valence-corrected chi connectivity index (χ2v) is 4.88. The number of aromatic nitrogens is 2. The van der Waals surface area contributed by atoms with Crippen molar-refractivity contribution in [3.8, 4) is 5.75 Å². The molecule has 0 aliphatic carbocycles. The fraction of sp³-hybridized carbons (Fsp3) is 0.200. The van der Waals surface area contributed by atoms with Gasteiger partial charge in [-0.25, -0.2) is 9.18 Å². The first-order chi connectivity index (χ1) is 10.5. The lowest BCUT2D eigenvalue weighted by molar-refractivity contribution is 0.402. The van der Waals surface area contributed by atoms with Crippen LogP contribution in [0.25, 0.3) is 11.1 Å². The molecule has 1 N–H and O–H groups in total. The van der Waals surface area contributed by atoms with Crippen LogP contribution in [0.1, 0.15) is 11.1 Å². The Kier molecular flexibility index (Phi) is 3.32. The summed E-state index contributed by atoms with van der Waals surface area (Å²) in [6.45, 7) is 1.69. The number of nitrogens with one attached hydrogen (secondary N) is 1. The standard InChI is InChI=1S/C15H13FN2O4/c1-8-6-18(14(19)12-13(8)22-15(20)17-12)7-9-10(16)4-3-5-11(9)21-2/h3-6H,7H2,1-2H3,(H,17,20). The van der Waals surface area contributed by atoms with Gasteiger partial charge >= 0.3 is 5.76 Å². The highest BCUT2D eigenvalue weighted by molar-refractivity contribution is 5.74. The molecular weight excluding hydrogens is 291 g/mol. The van der Waals surface area contributed by atoms with Crippen molar-refractivity contribution >= 4 is 11.1 Å². The van der Waals surface area contributed by atoms with Crippen molar-refractivity contribution in [3.63, 3.8) is 0 Å². The number of ether oxygens (including phenoxy) is 1. The van der Waals surface area contributed by atoms with Crippen LogP contribution in [0.3, 0.4) is 0 Å². The quantitative estimate of drug-likeness (QED) is 0.800. The van der Waals surface area contributed by atoms with E-state index < -0.39 is 17.1 Å². The van der Waals surface area contributed by atoms with Crippen LogP contribution < -0.4 is 16.1 Å². The Morgan fingerprint density at radius 2 is 2.14 bits per heavy atom. The molecule has 2 aromatic heterocycles. The van der Waals surface area contributed by atoms with Crippen LogP contribution in [0, 0.1) is 12.7 Å². The zero-order valence-electron chi connectivity index (χ0n) is 12.0. The number of H-pyrrole nitrogens is 1. The summed E-state index contributed by atoms with van der Waals surface area (Å²) < 4.78 is 25.4. The molecule has 0 saturated heterocycles. The first-order valence-electron chi connectivity index (χ1n) is 6.55. The summed E-state index contributed by atoms with van der Waals surface area (Å²) in [6, 6.07) is 4.45. The Morgan fingerprint density at radius 3 is 2.86 bits per heavy atom. The number of halogens is 1. The van der Waals surface area contributed by atoms with Crippen LogP contribution in [0.2, 0.25) is 0 Å². The summed E-state index contributed by atoms with van der Waals surface area (Å²) in [4.78, 5) is 26.0. The maximum absolute atomic E-state index is 14.0. The van der Waals surface area contributed by atoms with Crippen LogP contribution in [-0.2, 0) is 6.54 Å². The molecule has 6 nitrogen and oxygen atoms in total. The van der Waals surface area contributed by atoms with Gasteiger partial charge in [-0.1, -0.05) is 6.07 Å². The van der Waals surface area contributed by atoms with Crippen LogP contribution in [0.15, 0.2) is 38.4 Å². The maximum atomic E-state index is 14.0. The largest absolute Gasteiger partial charge is 0.496 e. The predicted octanol–water partition coefficient (Wildman–Crippen LogP) is 1.79. The molecule has 0 atom stereocenters. The van der Waals surface area contributed by atoms with E-state index in [1.165, 1.54) is 30.0 Å². The van der Waals surface area contributed by atoms with Crippen molar-refractivity contribution in [2.45, 2.75) is 13.5 Å². The Bertz CT molecular complexity index is 968. The summed E-state index contributed by atoms with van der Waals surface area (Å²) in [5, 5.41) is 0. The van der Waals surface area contributed by atoms with Crippen LogP contribution in [0.4, 0.5) is 4.39 Å². The fourth-order valence-corrected chi connectivity index (χ4v) is 2.42. The van der Waals surface area contributed by atoms with Gasteiger partial charge < -0.3 is 13.7 Å². The highest BCUT2D eigenvalue weighted by Crippen LogP contribution is 2.22. The van der Waals surface area contributed by atoms with Gasteiger partial charge in [0, 0.05) is 17.3 Å². The molecule has 2 heterocycles. The van der Waals surface area contributed by atoms with Gasteiger partial charge in [-0.3, -0.25) is 9.78 Å². The van der Waals surface area contributed by atoms with Crippen LogP contribution >= 0.6 is 0 Å². The second-order valence-electron chi connectivity index (χ2n) is 4.88. The molecule has 0 unspecified atom stereocenters. The first-order valence-corrected chi connectivity index (χ1v) is 6.55. The number of hydrogen-bond acceptors (Lipinski definition) is 4. The molecule has 7 heteroatoms. The Balaban J connectivity index is 2.18. The average Bonchev–Trinajstić information content (AvgIpc) is 2.89. The number of nitrogens with zero attached hydrogens (tertiary/aromatic N) is 1. The van der Waals surface area contributed by atoms with Gasteiger partial charge in [-0.15, -0.1) is 0 Å². The molecule has 114 valence electrons. The molecule has 22 heavy (non-hydrogen) atoms. The zero-order chi connectivity index (χ0) is 15.9. The number of hydrogen-bond donors (Lipinski definition) is 1. The minimum Gasteiger partial charge on any atom is -0.496 e. The monoisotopic (exact) mass is 304 g/mol. The lowest BCUT2D eigenvalue weighted by Crippen LogP contribution is -2.22. The van der Waals surface area contributed by atoms with E-state index in [-0.39, 0.29) is 23.2 Å². The highest BCUT2D eigenvalue weighted by Gasteiger charge is 2.15. The average molecular weight is 304 g/mol. The molecule has 0 radical (unpaired) electrons. The second kappa shape index (κ2) is 5.18. The maximum Gasteiger partial charge on any atom is 0.417 e. The van der Waals surface area contributed by atoms with Crippen molar-refractivity contribution in [1.82, 2.24) is 9.55 Å². The number of aromatic amines is 1. The van der Waals surface area contributed by atoms with Crippen molar-refractivity contribution in [2.75, 3.05) is 7.11 Å². The van der Waals surface area contributed by atoms with Crippen LogP contribution in [-0.4, -0.2) is 16.7 Å². The number of rotatable bonds is 3. The number of pyridine rings is 1. The normalized spacial score (nSPS) is 11.0. The van der Waals surface area contributed by atoms with E-state index in [9.17, 15) is 14.0 Å². The number of aryl methyl sites for hydroxylation is 1. The third-order valence-electron chi connectivity index (χ3n) is 3.46. The molecule has 3 aromatic rings. The third kappa shape index (κ3) is 2.20. The third-order valence-corrected chi connectivity index (χ3v) is 3.46. The molecule has 0 bridgehead atoms. The van der Waals surface area contributed by atoms with Gasteiger partial charge in [-0.2, -0.15) is 0 Å². The number of benzene rings is 1. The first kappa shape index (κ1) is 14.1. The molecule has 0 fully saturated rings. The van der Waals surface area contributed by atoms with Crippen molar-refractivity contribution < 1.29 is 13.5 Å². The predicted molar refractivity (Wildman–Crippen MR) is 77.9 cm³/mol. The zero-order valence-corrected chi connectivity index (χ0v) is 12.0. The summed E-state index contributed by atoms with van der Waals surface area (Å²) in [5.41, 5.74) is 0.684. The molecule has 3 rings (SSSR count). The molecule has 0 aliphatic rings. The topological polar surface area (TPSA) is 77.2 Å². The van der Waals surface area contributed by atoms with E-state index in [0.29, 0.717) is 11.3 Å². The number of oxazole rings is 1. The minimum absolute atomic E-state index is 0.0152. The molecule has 0 spiro atoms. The summed E-state index contributed by atoms with van der Waals surface area (Å²) in [7, 11) is 1.43. The minimum atomic E-state index is -0.698. The Morgan fingerprint density at radius 1 is 1.36 bits per heavy atom. The van der Waals surface area contributed by atoms with E-state index in [1.807, 2.05) is 0 Å². The van der Waals surface area contributed by atoms with Gasteiger partial charge in [0.25, 0.3) is 5.56 Å². The molecular formula is C15H13FN2O4. The van der Waals surface area contributed by atoms with E-state index in [2.05, 4.69) is 4.98 Å². The van der Waals surface area contributed by atoms with Gasteiger partial charge in [0.2, 0.25) is 0 Å². The molecule has 0 amide bonds. The lowest BCUT2D eigenvalue weighted by atomic mass is 10.1. The van der Waals surface area contributed by atoms with Crippen LogP contribution in [0.5, 0.6) is 5.75 Å². The van der Waals surface area contributed by atoms with E-state index >= 15 is 0 Å². The summed E-state index contributed by atoms with van der Waals surface area (Å²) in [6.07, 6.45) is 1.52. The smallest absolute Gasteiger partial charge is 0.417 e. The number of methoxy groups -OCH3 is 1. The Hall–Kier alpha value is -2.83. The van der Waals surface area contributed by atoms with Crippen molar-refractivity contribution in [3.05, 3.63) is 62.2 Å². The summed E-state index contributed by atoms with van der Waals surface area (Å²) in [5.74, 6) is -0.813. The van der Waals surface area contributed by atoms with E-state index in [0.717, 1.165) is 0 Å². The van der Waals surface area contributed by atoms with Gasteiger partial charge in [0.05, 0.1) is 13.7 Å². The van der Waals surface area contributed by atoms with Crippen molar-refractivity contribution in [1.29, 1.82) is 0 Å². The molecule has 0 saturated carbocycles. The highest BCUT2D eigenvalue weighted by atomic mass is 19.1.